The second-order valence-corrected chi connectivity index (χ2v) is 5.89. The molecule has 0 spiro atoms. The van der Waals surface area contributed by atoms with Gasteiger partial charge in [-0.2, -0.15) is 0 Å². The minimum absolute atomic E-state index is 0.448. The van der Waals surface area contributed by atoms with Gasteiger partial charge in [0.1, 0.15) is 0 Å². The summed E-state index contributed by atoms with van der Waals surface area (Å²) in [5.74, 6) is 0.448. The summed E-state index contributed by atoms with van der Waals surface area (Å²) in [5, 5.41) is 5.15. The zero-order valence-corrected chi connectivity index (χ0v) is 12.2. The van der Waals surface area contributed by atoms with Crippen LogP contribution in [0.2, 0.25) is 10.0 Å². The van der Waals surface area contributed by atoms with Crippen LogP contribution in [0.3, 0.4) is 0 Å². The van der Waals surface area contributed by atoms with Crippen molar-refractivity contribution in [3.8, 4) is 0 Å². The minimum atomic E-state index is 0.448. The van der Waals surface area contributed by atoms with Crippen molar-refractivity contribution in [2.75, 3.05) is 11.9 Å². The van der Waals surface area contributed by atoms with Gasteiger partial charge in [0.15, 0.2) is 0 Å². The van der Waals surface area contributed by atoms with Crippen molar-refractivity contribution in [2.45, 2.75) is 19.3 Å². The fourth-order valence-corrected chi connectivity index (χ4v) is 3.06. The molecular weight excluding hydrogens is 277 g/mol. The highest BCUT2D eigenvalue weighted by atomic mass is 35.5. The third-order valence-corrected chi connectivity index (χ3v) is 4.39. The molecule has 1 unspecified atom stereocenters. The number of rotatable bonds is 1. The van der Waals surface area contributed by atoms with Crippen molar-refractivity contribution in [1.29, 1.82) is 0 Å². The van der Waals surface area contributed by atoms with Gasteiger partial charge >= 0.3 is 0 Å². The van der Waals surface area contributed by atoms with Gasteiger partial charge in [-0.3, -0.25) is 0 Å². The number of benzene rings is 2. The molecule has 0 aliphatic carbocycles. The molecule has 2 aromatic rings. The van der Waals surface area contributed by atoms with Gasteiger partial charge in [-0.25, -0.2) is 0 Å². The maximum Gasteiger partial charge on any atom is 0.0459 e. The van der Waals surface area contributed by atoms with E-state index in [-0.39, 0.29) is 0 Å². The summed E-state index contributed by atoms with van der Waals surface area (Å²) in [7, 11) is 0. The molecule has 1 atom stereocenters. The molecule has 1 heterocycles. The van der Waals surface area contributed by atoms with Crippen LogP contribution in [0.15, 0.2) is 36.4 Å². The summed E-state index contributed by atoms with van der Waals surface area (Å²) in [6.07, 6.45) is 0.977. The van der Waals surface area contributed by atoms with Crippen LogP contribution in [0.1, 0.15) is 22.6 Å². The predicted molar refractivity (Wildman–Crippen MR) is 82.6 cm³/mol. The topological polar surface area (TPSA) is 12.0 Å². The average molecular weight is 292 g/mol. The van der Waals surface area contributed by atoms with Crippen molar-refractivity contribution < 1.29 is 0 Å². The van der Waals surface area contributed by atoms with Crippen molar-refractivity contribution in [2.24, 2.45) is 0 Å². The molecule has 2 aromatic carbocycles. The normalized spacial score (nSPS) is 17.7. The molecule has 3 rings (SSSR count). The summed E-state index contributed by atoms with van der Waals surface area (Å²) in [5.41, 5.74) is 5.00. The van der Waals surface area contributed by atoms with Crippen molar-refractivity contribution in [1.82, 2.24) is 0 Å². The van der Waals surface area contributed by atoms with E-state index >= 15 is 0 Å². The molecule has 0 saturated heterocycles. The van der Waals surface area contributed by atoms with Crippen molar-refractivity contribution >= 4 is 28.9 Å². The molecule has 0 fully saturated rings. The smallest absolute Gasteiger partial charge is 0.0459 e. The monoisotopic (exact) mass is 291 g/mol. The summed E-state index contributed by atoms with van der Waals surface area (Å²) >= 11 is 12.3. The lowest BCUT2D eigenvalue weighted by molar-refractivity contribution is 0.694. The molecule has 1 aliphatic heterocycles. The lowest BCUT2D eigenvalue weighted by Gasteiger charge is -2.28. The molecule has 19 heavy (non-hydrogen) atoms. The Labute approximate surface area is 123 Å². The quantitative estimate of drug-likeness (QED) is 0.775. The van der Waals surface area contributed by atoms with Crippen LogP contribution in [-0.2, 0) is 6.42 Å². The van der Waals surface area contributed by atoms with Crippen LogP contribution >= 0.6 is 23.2 Å². The van der Waals surface area contributed by atoms with Crippen molar-refractivity contribution in [3.05, 3.63) is 63.1 Å². The lowest BCUT2D eigenvalue weighted by atomic mass is 9.87. The van der Waals surface area contributed by atoms with Gasteiger partial charge in [0.2, 0.25) is 0 Å². The number of halogens is 2. The van der Waals surface area contributed by atoms with Gasteiger partial charge in [0.05, 0.1) is 0 Å². The van der Waals surface area contributed by atoms with Crippen LogP contribution in [0.5, 0.6) is 0 Å². The zero-order valence-electron chi connectivity index (χ0n) is 10.7. The van der Waals surface area contributed by atoms with E-state index in [1.165, 1.54) is 22.4 Å². The van der Waals surface area contributed by atoms with Gasteiger partial charge in [-0.05, 0) is 48.2 Å². The van der Waals surface area contributed by atoms with Gasteiger partial charge in [-0.1, -0.05) is 41.4 Å². The standard InChI is InChI=1S/C16H15Cl2N/c1-10-2-7-15(18)14-8-12(9-19-16(10)14)11-3-5-13(17)6-4-11/h2-7,12,19H,8-9H2,1H3. The number of nitrogens with one attached hydrogen (secondary N) is 1. The summed E-state index contributed by atoms with van der Waals surface area (Å²) in [6.45, 7) is 3.06. The van der Waals surface area contributed by atoms with Crippen LogP contribution in [0.4, 0.5) is 5.69 Å². The fraction of sp³-hybridized carbons (Fsp3) is 0.250. The van der Waals surface area contributed by atoms with Crippen molar-refractivity contribution in [3.63, 3.8) is 0 Å². The summed E-state index contributed by atoms with van der Waals surface area (Å²) in [6, 6.07) is 12.2. The Morgan fingerprint density at radius 3 is 2.53 bits per heavy atom. The number of hydrogen-bond donors (Lipinski definition) is 1. The van der Waals surface area contributed by atoms with Gasteiger partial charge in [-0.15, -0.1) is 0 Å². The van der Waals surface area contributed by atoms with E-state index in [9.17, 15) is 0 Å². The number of anilines is 1. The van der Waals surface area contributed by atoms with Crippen LogP contribution in [0.25, 0.3) is 0 Å². The molecular formula is C16H15Cl2N. The molecule has 0 bridgehead atoms. The Morgan fingerprint density at radius 2 is 1.79 bits per heavy atom. The first-order valence-electron chi connectivity index (χ1n) is 6.42. The van der Waals surface area contributed by atoms with Gasteiger partial charge in [0.25, 0.3) is 0 Å². The summed E-state index contributed by atoms with van der Waals surface area (Å²) < 4.78 is 0. The first-order chi connectivity index (χ1) is 9.15. The SMILES string of the molecule is Cc1ccc(Cl)c2c1NCC(c1ccc(Cl)cc1)C2. The average Bonchev–Trinajstić information content (AvgIpc) is 2.43. The Morgan fingerprint density at radius 1 is 1.05 bits per heavy atom. The molecule has 1 nitrogen and oxygen atoms in total. The van der Waals surface area contributed by atoms with Crippen LogP contribution in [-0.4, -0.2) is 6.54 Å². The second-order valence-electron chi connectivity index (χ2n) is 5.05. The molecule has 0 amide bonds. The van der Waals surface area contributed by atoms with Gasteiger partial charge < -0.3 is 5.32 Å². The molecule has 1 N–H and O–H groups in total. The first-order valence-corrected chi connectivity index (χ1v) is 7.18. The Kier molecular flexibility index (Phi) is 3.42. The van der Waals surface area contributed by atoms with E-state index in [1.54, 1.807) is 0 Å². The molecule has 1 aliphatic rings. The van der Waals surface area contributed by atoms with E-state index in [0.717, 1.165) is 23.0 Å². The minimum Gasteiger partial charge on any atom is -0.384 e. The second kappa shape index (κ2) is 5.07. The number of hydrogen-bond acceptors (Lipinski definition) is 1. The molecule has 3 heteroatoms. The Balaban J connectivity index is 1.94. The Hall–Kier alpha value is -1.18. The zero-order chi connectivity index (χ0) is 13.4. The van der Waals surface area contributed by atoms with E-state index < -0.39 is 0 Å². The Bertz CT molecular complexity index is 605. The number of aryl methyl sites for hydroxylation is 1. The molecule has 0 saturated carbocycles. The molecule has 98 valence electrons. The number of fused-ring (bicyclic) bond motifs is 1. The maximum atomic E-state index is 6.33. The van der Waals surface area contributed by atoms with Gasteiger partial charge in [0, 0.05) is 28.2 Å². The lowest BCUT2D eigenvalue weighted by Crippen LogP contribution is -2.22. The third kappa shape index (κ3) is 2.45. The maximum absolute atomic E-state index is 6.33. The third-order valence-electron chi connectivity index (χ3n) is 3.78. The van der Waals surface area contributed by atoms with E-state index in [1.807, 2.05) is 18.2 Å². The van der Waals surface area contributed by atoms with Crippen LogP contribution < -0.4 is 5.32 Å². The highest BCUT2D eigenvalue weighted by Gasteiger charge is 2.22. The fourth-order valence-electron chi connectivity index (χ4n) is 2.70. The van der Waals surface area contributed by atoms with E-state index in [4.69, 9.17) is 23.2 Å². The molecule has 0 aromatic heterocycles. The highest BCUT2D eigenvalue weighted by Crippen LogP contribution is 2.37. The van der Waals surface area contributed by atoms with E-state index in [2.05, 4.69) is 30.4 Å². The summed E-state index contributed by atoms with van der Waals surface area (Å²) in [4.78, 5) is 0. The largest absolute Gasteiger partial charge is 0.384 e. The molecule has 0 radical (unpaired) electrons. The predicted octanol–water partition coefficient (Wildman–Crippen LogP) is 5.05. The van der Waals surface area contributed by atoms with Crippen LogP contribution in [0, 0.1) is 6.92 Å². The first kappa shape index (κ1) is 12.8. The van der Waals surface area contributed by atoms with E-state index in [0.29, 0.717) is 5.92 Å². The highest BCUT2D eigenvalue weighted by molar-refractivity contribution is 6.32.